The predicted octanol–water partition coefficient (Wildman–Crippen LogP) is 2.50. The van der Waals surface area contributed by atoms with Crippen molar-refractivity contribution >= 4 is 22.6 Å². The van der Waals surface area contributed by atoms with E-state index in [1.165, 1.54) is 28.9 Å². The van der Waals surface area contributed by atoms with Gasteiger partial charge < -0.3 is 10.4 Å². The summed E-state index contributed by atoms with van der Waals surface area (Å²) < 4.78 is 14.4. The van der Waals surface area contributed by atoms with Crippen molar-refractivity contribution in [2.45, 2.75) is 25.9 Å². The second-order valence-electron chi connectivity index (χ2n) is 6.19. The molecule has 0 aliphatic rings. The minimum atomic E-state index is -1.12. The highest BCUT2D eigenvalue weighted by atomic mass is 19.1. The maximum atomic E-state index is 13.2. The Hall–Kier alpha value is -3.55. The molecule has 144 valence electrons. The van der Waals surface area contributed by atoms with Crippen molar-refractivity contribution in [1.82, 2.24) is 15.1 Å². The van der Waals surface area contributed by atoms with E-state index in [0.717, 1.165) is 0 Å². The molecule has 7 nitrogen and oxygen atoms in total. The zero-order chi connectivity index (χ0) is 20.3. The van der Waals surface area contributed by atoms with E-state index in [2.05, 4.69) is 10.4 Å². The number of hydrogen-bond acceptors (Lipinski definition) is 4. The normalized spacial score (nSPS) is 11.9. The number of halogens is 1. The monoisotopic (exact) mass is 383 g/mol. The Morgan fingerprint density at radius 2 is 1.79 bits per heavy atom. The summed E-state index contributed by atoms with van der Waals surface area (Å²) in [6.45, 7) is 2.01. The largest absolute Gasteiger partial charge is 0.481 e. The highest BCUT2D eigenvalue weighted by molar-refractivity contribution is 6.05. The van der Waals surface area contributed by atoms with Gasteiger partial charge in [0, 0.05) is 11.9 Å². The molecule has 0 bridgehead atoms. The summed E-state index contributed by atoms with van der Waals surface area (Å²) in [5.41, 5.74) is 0.162. The fourth-order valence-corrected chi connectivity index (χ4v) is 2.97. The molecule has 0 saturated heterocycles. The van der Waals surface area contributed by atoms with Crippen molar-refractivity contribution in [2.24, 2.45) is 0 Å². The molecule has 28 heavy (non-hydrogen) atoms. The van der Waals surface area contributed by atoms with Crippen LogP contribution in [-0.4, -0.2) is 26.8 Å². The molecular formula is C20H18FN3O4. The van der Waals surface area contributed by atoms with Gasteiger partial charge in [-0.1, -0.05) is 30.3 Å². The summed E-state index contributed by atoms with van der Waals surface area (Å²) in [6, 6.07) is 10.9. The highest BCUT2D eigenvalue weighted by Gasteiger charge is 2.22. The number of aryl methyl sites for hydroxylation is 1. The standard InChI is InChI=1S/C20H18FN3O4/c1-2-24-20(28)15-6-4-3-5-14(15)18(23-24)19(27)22-16(11-17(25)26)12-7-9-13(21)10-8-12/h3-10,16H,2,11H2,1H3,(H,22,27)(H,25,26). The van der Waals surface area contributed by atoms with Gasteiger partial charge in [-0.05, 0) is 30.7 Å². The number of carboxylic acid groups (broad SMARTS) is 1. The van der Waals surface area contributed by atoms with E-state index in [4.69, 9.17) is 0 Å². The summed E-state index contributed by atoms with van der Waals surface area (Å²) in [7, 11) is 0. The molecule has 2 aromatic carbocycles. The molecule has 2 N–H and O–H groups in total. The molecule has 8 heteroatoms. The molecule has 1 heterocycles. The highest BCUT2D eigenvalue weighted by Crippen LogP contribution is 2.20. The molecule has 1 aromatic heterocycles. The van der Waals surface area contributed by atoms with Gasteiger partial charge in [-0.15, -0.1) is 0 Å². The third-order valence-corrected chi connectivity index (χ3v) is 4.34. The zero-order valence-electron chi connectivity index (χ0n) is 15.1. The minimum Gasteiger partial charge on any atom is -0.481 e. The Morgan fingerprint density at radius 3 is 2.39 bits per heavy atom. The second-order valence-corrected chi connectivity index (χ2v) is 6.19. The van der Waals surface area contributed by atoms with E-state index in [1.54, 1.807) is 31.2 Å². The van der Waals surface area contributed by atoms with Gasteiger partial charge >= 0.3 is 5.97 Å². The van der Waals surface area contributed by atoms with E-state index >= 15 is 0 Å². The summed E-state index contributed by atoms with van der Waals surface area (Å²) in [5.74, 6) is -2.20. The number of aliphatic carboxylic acids is 1. The third kappa shape index (κ3) is 3.90. The lowest BCUT2D eigenvalue weighted by Gasteiger charge is -2.18. The number of benzene rings is 2. The number of nitrogens with zero attached hydrogens (tertiary/aromatic N) is 2. The summed E-state index contributed by atoms with van der Waals surface area (Å²) in [6.07, 6.45) is -0.386. The Morgan fingerprint density at radius 1 is 1.14 bits per heavy atom. The Bertz CT molecular complexity index is 1090. The first-order chi connectivity index (χ1) is 13.4. The van der Waals surface area contributed by atoms with Gasteiger partial charge in [0.25, 0.3) is 11.5 Å². The summed E-state index contributed by atoms with van der Waals surface area (Å²) in [4.78, 5) is 36.6. The molecular weight excluding hydrogens is 365 g/mol. The molecule has 0 fully saturated rings. The van der Waals surface area contributed by atoms with Crippen molar-refractivity contribution in [1.29, 1.82) is 0 Å². The van der Waals surface area contributed by atoms with Crippen LogP contribution in [0.2, 0.25) is 0 Å². The zero-order valence-corrected chi connectivity index (χ0v) is 15.1. The Balaban J connectivity index is 2.02. The van der Waals surface area contributed by atoms with Crippen molar-refractivity contribution < 1.29 is 19.1 Å². The van der Waals surface area contributed by atoms with Crippen molar-refractivity contribution in [2.75, 3.05) is 0 Å². The molecule has 0 radical (unpaired) electrons. The molecule has 1 unspecified atom stereocenters. The van der Waals surface area contributed by atoms with Crippen LogP contribution in [0.3, 0.4) is 0 Å². The van der Waals surface area contributed by atoms with E-state index in [0.29, 0.717) is 16.3 Å². The number of carboxylic acids is 1. The summed E-state index contributed by atoms with van der Waals surface area (Å²) >= 11 is 0. The van der Waals surface area contributed by atoms with Gasteiger partial charge in [0.05, 0.1) is 17.8 Å². The maximum absolute atomic E-state index is 13.2. The lowest BCUT2D eigenvalue weighted by atomic mass is 10.0. The van der Waals surface area contributed by atoms with Crippen molar-refractivity contribution in [3.63, 3.8) is 0 Å². The van der Waals surface area contributed by atoms with Crippen LogP contribution in [0.15, 0.2) is 53.3 Å². The van der Waals surface area contributed by atoms with E-state index in [-0.39, 0.29) is 24.2 Å². The van der Waals surface area contributed by atoms with Crippen LogP contribution in [0.1, 0.15) is 35.4 Å². The molecule has 3 rings (SSSR count). The quantitative estimate of drug-likeness (QED) is 0.681. The van der Waals surface area contributed by atoms with Gasteiger partial charge in [0.15, 0.2) is 5.69 Å². The Labute approximate surface area is 159 Å². The van der Waals surface area contributed by atoms with Gasteiger partial charge in [-0.3, -0.25) is 14.4 Å². The van der Waals surface area contributed by atoms with E-state index < -0.39 is 23.7 Å². The van der Waals surface area contributed by atoms with Gasteiger partial charge in [-0.25, -0.2) is 9.07 Å². The van der Waals surface area contributed by atoms with Crippen molar-refractivity contribution in [3.8, 4) is 0 Å². The molecule has 3 aromatic rings. The molecule has 1 amide bonds. The number of nitrogens with one attached hydrogen (secondary N) is 1. The first-order valence-electron chi connectivity index (χ1n) is 8.68. The average Bonchev–Trinajstić information content (AvgIpc) is 2.68. The van der Waals surface area contributed by atoms with Crippen LogP contribution < -0.4 is 10.9 Å². The van der Waals surface area contributed by atoms with Gasteiger partial charge in [0.1, 0.15) is 5.82 Å². The summed E-state index contributed by atoms with van der Waals surface area (Å²) in [5, 5.41) is 16.7. The SMILES string of the molecule is CCn1nc(C(=O)NC(CC(=O)O)c2ccc(F)cc2)c2ccccc2c1=O. The van der Waals surface area contributed by atoms with Crippen LogP contribution >= 0.6 is 0 Å². The number of carbonyl (C=O) groups excluding carboxylic acids is 1. The smallest absolute Gasteiger partial charge is 0.305 e. The topological polar surface area (TPSA) is 101 Å². The van der Waals surface area contributed by atoms with Crippen LogP contribution in [-0.2, 0) is 11.3 Å². The molecule has 0 spiro atoms. The van der Waals surface area contributed by atoms with E-state index in [1.807, 2.05) is 0 Å². The number of fused-ring (bicyclic) bond motifs is 1. The number of aromatic nitrogens is 2. The fraction of sp³-hybridized carbons (Fsp3) is 0.200. The molecule has 1 atom stereocenters. The third-order valence-electron chi connectivity index (χ3n) is 4.34. The molecule has 0 saturated carbocycles. The van der Waals surface area contributed by atoms with E-state index in [9.17, 15) is 23.9 Å². The van der Waals surface area contributed by atoms with Crippen LogP contribution in [0.4, 0.5) is 4.39 Å². The number of carbonyl (C=O) groups is 2. The number of amides is 1. The number of rotatable bonds is 6. The first-order valence-corrected chi connectivity index (χ1v) is 8.68. The lowest BCUT2D eigenvalue weighted by molar-refractivity contribution is -0.137. The second kappa shape index (κ2) is 7.99. The molecule has 0 aliphatic heterocycles. The fourth-order valence-electron chi connectivity index (χ4n) is 2.97. The molecule has 0 aliphatic carbocycles. The average molecular weight is 383 g/mol. The Kier molecular flexibility index (Phi) is 5.49. The minimum absolute atomic E-state index is 0.0227. The first kappa shape index (κ1) is 19.2. The maximum Gasteiger partial charge on any atom is 0.305 e. The van der Waals surface area contributed by atoms with Crippen LogP contribution in [0.5, 0.6) is 0 Å². The number of hydrogen-bond donors (Lipinski definition) is 2. The van der Waals surface area contributed by atoms with Gasteiger partial charge in [0.2, 0.25) is 0 Å². The van der Waals surface area contributed by atoms with Crippen LogP contribution in [0.25, 0.3) is 10.8 Å². The van der Waals surface area contributed by atoms with Crippen LogP contribution in [0, 0.1) is 5.82 Å². The lowest BCUT2D eigenvalue weighted by Crippen LogP contribution is -2.33. The van der Waals surface area contributed by atoms with Crippen molar-refractivity contribution in [3.05, 3.63) is 76.0 Å². The predicted molar refractivity (Wildman–Crippen MR) is 101 cm³/mol. The van der Waals surface area contributed by atoms with Gasteiger partial charge in [-0.2, -0.15) is 5.10 Å².